The Morgan fingerprint density at radius 2 is 2.19 bits per heavy atom. The highest BCUT2D eigenvalue weighted by Gasteiger charge is 2.11. The van der Waals surface area contributed by atoms with Gasteiger partial charge in [-0.05, 0) is 24.6 Å². The van der Waals surface area contributed by atoms with Gasteiger partial charge in [0.15, 0.2) is 0 Å². The van der Waals surface area contributed by atoms with Gasteiger partial charge in [0.25, 0.3) is 0 Å². The summed E-state index contributed by atoms with van der Waals surface area (Å²) in [7, 11) is 1.30. The molecule has 0 bridgehead atoms. The molecular weight excluding hydrogens is 274 g/mol. The van der Waals surface area contributed by atoms with Gasteiger partial charge in [0.1, 0.15) is 12.9 Å². The van der Waals surface area contributed by atoms with Crippen LogP contribution in [0.15, 0.2) is 24.5 Å². The van der Waals surface area contributed by atoms with E-state index in [9.17, 15) is 9.59 Å². The number of esters is 1. The van der Waals surface area contributed by atoms with Gasteiger partial charge in [0.2, 0.25) is 11.9 Å². The molecule has 0 atom stereocenters. The Morgan fingerprint density at radius 1 is 1.43 bits per heavy atom. The van der Waals surface area contributed by atoms with Crippen LogP contribution in [0.5, 0.6) is 0 Å². The molecule has 0 aliphatic heterocycles. The van der Waals surface area contributed by atoms with Gasteiger partial charge >= 0.3 is 5.97 Å². The van der Waals surface area contributed by atoms with Gasteiger partial charge in [-0.15, -0.1) is 5.10 Å². The summed E-state index contributed by atoms with van der Waals surface area (Å²) < 4.78 is 5.97. The summed E-state index contributed by atoms with van der Waals surface area (Å²) in [5.41, 5.74) is 7.10. The number of aromatic nitrogens is 3. The quantitative estimate of drug-likeness (QED) is 0.797. The second-order valence-corrected chi connectivity index (χ2v) is 4.37. The first-order chi connectivity index (χ1) is 9.99. The Morgan fingerprint density at radius 3 is 2.81 bits per heavy atom. The number of benzene rings is 1. The highest BCUT2D eigenvalue weighted by Crippen LogP contribution is 2.17. The number of anilines is 2. The molecule has 1 heterocycles. The molecule has 0 unspecified atom stereocenters. The summed E-state index contributed by atoms with van der Waals surface area (Å²) in [4.78, 5) is 27.2. The van der Waals surface area contributed by atoms with Crippen LogP contribution in [-0.2, 0) is 16.1 Å². The van der Waals surface area contributed by atoms with Gasteiger partial charge in [0, 0.05) is 5.69 Å². The fourth-order valence-electron chi connectivity index (χ4n) is 1.72. The van der Waals surface area contributed by atoms with Gasteiger partial charge in [-0.25, -0.2) is 14.5 Å². The molecule has 8 nitrogen and oxygen atoms in total. The lowest BCUT2D eigenvalue weighted by atomic mass is 10.1. The zero-order valence-corrected chi connectivity index (χ0v) is 11.7. The second kappa shape index (κ2) is 6.04. The van der Waals surface area contributed by atoms with E-state index < -0.39 is 5.97 Å². The number of nitrogens with two attached hydrogens (primary N) is 1. The minimum Gasteiger partial charge on any atom is -0.465 e. The van der Waals surface area contributed by atoms with Crippen LogP contribution >= 0.6 is 0 Å². The van der Waals surface area contributed by atoms with E-state index in [-0.39, 0.29) is 18.4 Å². The molecule has 2 aromatic rings. The highest BCUT2D eigenvalue weighted by molar-refractivity contribution is 5.95. The van der Waals surface area contributed by atoms with Crippen molar-refractivity contribution >= 4 is 23.5 Å². The first-order valence-electron chi connectivity index (χ1n) is 6.13. The summed E-state index contributed by atoms with van der Waals surface area (Å²) in [6.07, 6.45) is 1.37. The Labute approximate surface area is 120 Å². The van der Waals surface area contributed by atoms with Crippen molar-refractivity contribution in [1.29, 1.82) is 0 Å². The molecular formula is C13H15N5O3. The number of amides is 1. The molecule has 0 aliphatic rings. The zero-order chi connectivity index (χ0) is 15.4. The lowest BCUT2D eigenvalue weighted by molar-refractivity contribution is -0.116. The number of carbonyl (C=O) groups is 2. The van der Waals surface area contributed by atoms with Crippen molar-refractivity contribution in [3.63, 3.8) is 0 Å². The number of rotatable bonds is 4. The molecule has 0 saturated carbocycles. The van der Waals surface area contributed by atoms with Crippen molar-refractivity contribution in [1.82, 2.24) is 14.8 Å². The van der Waals surface area contributed by atoms with E-state index in [1.54, 1.807) is 18.2 Å². The standard InChI is InChI=1S/C13H15N5O3/c1-8-3-4-9(12(20)21-2)5-10(8)16-11(19)6-18-7-15-13(14)17-18/h3-5,7H,6H2,1-2H3,(H2,14,17)(H,16,19). The van der Waals surface area contributed by atoms with Crippen LogP contribution in [0, 0.1) is 6.92 Å². The largest absolute Gasteiger partial charge is 0.465 e. The average molecular weight is 289 g/mol. The van der Waals surface area contributed by atoms with E-state index >= 15 is 0 Å². The molecule has 0 aliphatic carbocycles. The molecule has 0 radical (unpaired) electrons. The van der Waals surface area contributed by atoms with Crippen LogP contribution in [-0.4, -0.2) is 33.8 Å². The number of nitrogens with zero attached hydrogens (tertiary/aromatic N) is 3. The first-order valence-corrected chi connectivity index (χ1v) is 6.13. The van der Waals surface area contributed by atoms with Crippen LogP contribution in [0.3, 0.4) is 0 Å². The normalized spacial score (nSPS) is 10.2. The molecule has 0 fully saturated rings. The average Bonchev–Trinajstić information content (AvgIpc) is 2.85. The van der Waals surface area contributed by atoms with E-state index in [2.05, 4.69) is 20.1 Å². The number of nitrogen functional groups attached to an aromatic ring is 1. The smallest absolute Gasteiger partial charge is 0.337 e. The van der Waals surface area contributed by atoms with Crippen molar-refractivity contribution in [3.05, 3.63) is 35.7 Å². The molecule has 2 rings (SSSR count). The summed E-state index contributed by atoms with van der Waals surface area (Å²) in [6.45, 7) is 1.80. The topological polar surface area (TPSA) is 112 Å². The van der Waals surface area contributed by atoms with E-state index in [1.165, 1.54) is 18.1 Å². The van der Waals surface area contributed by atoms with Crippen molar-refractivity contribution < 1.29 is 14.3 Å². The fourth-order valence-corrected chi connectivity index (χ4v) is 1.72. The molecule has 21 heavy (non-hydrogen) atoms. The Balaban J connectivity index is 2.11. The number of aryl methyl sites for hydroxylation is 1. The number of carbonyl (C=O) groups excluding carboxylic acids is 2. The predicted molar refractivity (Wildman–Crippen MR) is 75.6 cm³/mol. The summed E-state index contributed by atoms with van der Waals surface area (Å²) in [5.74, 6) is -0.661. The van der Waals surface area contributed by atoms with Crippen molar-refractivity contribution in [2.45, 2.75) is 13.5 Å². The Kier molecular flexibility index (Phi) is 4.17. The molecule has 1 aromatic carbocycles. The molecule has 3 N–H and O–H groups in total. The molecule has 0 saturated heterocycles. The van der Waals surface area contributed by atoms with Crippen LogP contribution in [0.2, 0.25) is 0 Å². The third-order valence-corrected chi connectivity index (χ3v) is 2.79. The molecule has 0 spiro atoms. The van der Waals surface area contributed by atoms with Crippen molar-refractivity contribution in [2.24, 2.45) is 0 Å². The van der Waals surface area contributed by atoms with Crippen LogP contribution in [0.4, 0.5) is 11.6 Å². The lowest BCUT2D eigenvalue weighted by Crippen LogP contribution is -2.20. The number of nitrogens with one attached hydrogen (secondary N) is 1. The van der Waals surface area contributed by atoms with Crippen molar-refractivity contribution in [2.75, 3.05) is 18.2 Å². The Bertz CT molecular complexity index is 680. The van der Waals surface area contributed by atoms with Gasteiger partial charge in [-0.3, -0.25) is 4.79 Å². The van der Waals surface area contributed by atoms with Gasteiger partial charge in [0.05, 0.1) is 12.7 Å². The molecule has 1 aromatic heterocycles. The number of hydrogen-bond acceptors (Lipinski definition) is 6. The number of ether oxygens (including phenoxy) is 1. The highest BCUT2D eigenvalue weighted by atomic mass is 16.5. The van der Waals surface area contributed by atoms with E-state index in [0.29, 0.717) is 11.3 Å². The monoisotopic (exact) mass is 289 g/mol. The SMILES string of the molecule is COC(=O)c1ccc(C)c(NC(=O)Cn2cnc(N)n2)c1. The van der Waals surface area contributed by atoms with Crippen LogP contribution in [0.1, 0.15) is 15.9 Å². The van der Waals surface area contributed by atoms with E-state index in [4.69, 9.17) is 5.73 Å². The molecule has 110 valence electrons. The first kappa shape index (κ1) is 14.5. The summed E-state index contributed by atoms with van der Waals surface area (Å²) in [5, 5.41) is 6.53. The minimum atomic E-state index is -0.463. The second-order valence-electron chi connectivity index (χ2n) is 4.37. The lowest BCUT2D eigenvalue weighted by Gasteiger charge is -2.10. The molecule has 1 amide bonds. The summed E-state index contributed by atoms with van der Waals surface area (Å²) in [6, 6.07) is 4.93. The number of hydrogen-bond donors (Lipinski definition) is 2. The van der Waals surface area contributed by atoms with Crippen LogP contribution in [0.25, 0.3) is 0 Å². The maximum atomic E-state index is 11.9. The predicted octanol–water partition coefficient (Wildman–Crippen LogP) is 0.594. The Hall–Kier alpha value is -2.90. The zero-order valence-electron chi connectivity index (χ0n) is 11.7. The summed E-state index contributed by atoms with van der Waals surface area (Å²) >= 11 is 0. The van der Waals surface area contributed by atoms with Gasteiger partial charge in [-0.1, -0.05) is 6.07 Å². The van der Waals surface area contributed by atoms with Gasteiger partial charge in [-0.2, -0.15) is 0 Å². The van der Waals surface area contributed by atoms with Crippen molar-refractivity contribution in [3.8, 4) is 0 Å². The third kappa shape index (κ3) is 3.56. The third-order valence-electron chi connectivity index (χ3n) is 2.79. The fraction of sp³-hybridized carbons (Fsp3) is 0.231. The minimum absolute atomic E-state index is 0.0217. The van der Waals surface area contributed by atoms with Gasteiger partial charge < -0.3 is 15.8 Å². The maximum absolute atomic E-state index is 11.9. The van der Waals surface area contributed by atoms with Crippen LogP contribution < -0.4 is 11.1 Å². The molecule has 8 heteroatoms. The maximum Gasteiger partial charge on any atom is 0.337 e. The number of methoxy groups -OCH3 is 1. The van der Waals surface area contributed by atoms with E-state index in [1.807, 2.05) is 6.92 Å². The van der Waals surface area contributed by atoms with E-state index in [0.717, 1.165) is 5.56 Å².